The molecule has 0 aliphatic carbocycles. The number of hydrogen-bond donors (Lipinski definition) is 1. The number of piperidine rings is 1. The van der Waals surface area contributed by atoms with E-state index in [1.165, 1.54) is 0 Å². The molecular weight excluding hydrogens is 281 g/mol. The Kier molecular flexibility index (Phi) is 4.90. The van der Waals surface area contributed by atoms with Crippen molar-refractivity contribution in [1.29, 1.82) is 0 Å². The Hall–Kier alpha value is -1.53. The Morgan fingerprint density at radius 2 is 1.90 bits per heavy atom. The predicted molar refractivity (Wildman–Crippen MR) is 76.4 cm³/mol. The van der Waals surface area contributed by atoms with Crippen LogP contribution in [0.4, 0.5) is 24.9 Å². The molecule has 1 aliphatic heterocycles. The van der Waals surface area contributed by atoms with Gasteiger partial charge in [-0.05, 0) is 25.7 Å². The van der Waals surface area contributed by atoms with Gasteiger partial charge in [0.05, 0.1) is 0 Å². The lowest BCUT2D eigenvalue weighted by Crippen LogP contribution is -2.34. The fraction of sp³-hybridized carbons (Fsp3) is 0.714. The molecule has 2 rings (SSSR count). The van der Waals surface area contributed by atoms with Crippen LogP contribution < -0.4 is 10.2 Å². The predicted octanol–water partition coefficient (Wildman–Crippen LogP) is 3.55. The monoisotopic (exact) mass is 302 g/mol. The summed E-state index contributed by atoms with van der Waals surface area (Å²) in [5.74, 6) is 1.07. The summed E-state index contributed by atoms with van der Waals surface area (Å²) in [6, 6.07) is 1.05. The van der Waals surface area contributed by atoms with Crippen molar-refractivity contribution in [3.8, 4) is 0 Å². The van der Waals surface area contributed by atoms with E-state index in [-0.39, 0.29) is 5.95 Å². The van der Waals surface area contributed by atoms with Gasteiger partial charge in [0.25, 0.3) is 0 Å². The minimum absolute atomic E-state index is 0.0416. The maximum absolute atomic E-state index is 12.9. The molecule has 1 fully saturated rings. The van der Waals surface area contributed by atoms with Crippen molar-refractivity contribution in [3.63, 3.8) is 0 Å². The van der Waals surface area contributed by atoms with Gasteiger partial charge in [0.1, 0.15) is 5.82 Å². The third kappa shape index (κ3) is 3.98. The summed E-state index contributed by atoms with van der Waals surface area (Å²) in [5, 5.41) is 2.77. The van der Waals surface area contributed by atoms with Gasteiger partial charge in [-0.3, -0.25) is 0 Å². The molecule has 118 valence electrons. The summed E-state index contributed by atoms with van der Waals surface area (Å²) >= 11 is 0. The zero-order valence-electron chi connectivity index (χ0n) is 12.4. The maximum atomic E-state index is 12.9. The highest BCUT2D eigenvalue weighted by molar-refractivity contribution is 5.46. The lowest BCUT2D eigenvalue weighted by atomic mass is 9.94. The highest BCUT2D eigenvalue weighted by Gasteiger charge is 2.34. The molecular formula is C14H21F3N4. The molecule has 1 aromatic rings. The third-order valence-corrected chi connectivity index (χ3v) is 3.85. The van der Waals surface area contributed by atoms with Crippen molar-refractivity contribution >= 4 is 11.8 Å². The van der Waals surface area contributed by atoms with Crippen molar-refractivity contribution < 1.29 is 13.2 Å². The fourth-order valence-corrected chi connectivity index (χ4v) is 2.55. The Labute approximate surface area is 122 Å². The second kappa shape index (κ2) is 6.49. The summed E-state index contributed by atoms with van der Waals surface area (Å²) in [6.07, 6.45) is -1.34. The van der Waals surface area contributed by atoms with Crippen molar-refractivity contribution in [2.24, 2.45) is 5.92 Å². The van der Waals surface area contributed by atoms with Gasteiger partial charge in [0, 0.05) is 25.7 Å². The second-order valence-corrected chi connectivity index (χ2v) is 5.30. The van der Waals surface area contributed by atoms with Crippen molar-refractivity contribution in [2.75, 3.05) is 29.9 Å². The van der Waals surface area contributed by atoms with Gasteiger partial charge >= 0.3 is 6.18 Å². The quantitative estimate of drug-likeness (QED) is 0.923. The Bertz CT molecular complexity index is 468. The molecule has 0 atom stereocenters. The molecule has 0 spiro atoms. The van der Waals surface area contributed by atoms with Crippen molar-refractivity contribution in [3.05, 3.63) is 11.8 Å². The minimum atomic E-state index is -4.45. The Morgan fingerprint density at radius 3 is 2.43 bits per heavy atom. The summed E-state index contributed by atoms with van der Waals surface area (Å²) in [7, 11) is 0. The molecule has 1 aromatic heterocycles. The van der Waals surface area contributed by atoms with Gasteiger partial charge in [-0.15, -0.1) is 0 Å². The van der Waals surface area contributed by atoms with Gasteiger partial charge in [0.15, 0.2) is 5.69 Å². The first-order valence-electron chi connectivity index (χ1n) is 7.39. The van der Waals surface area contributed by atoms with Crippen LogP contribution in [0.2, 0.25) is 0 Å². The molecule has 1 aliphatic rings. The average Bonchev–Trinajstić information content (AvgIpc) is 2.46. The van der Waals surface area contributed by atoms with Crippen LogP contribution in [0.1, 0.15) is 38.8 Å². The smallest absolute Gasteiger partial charge is 0.356 e. The van der Waals surface area contributed by atoms with Gasteiger partial charge in [0.2, 0.25) is 5.95 Å². The van der Waals surface area contributed by atoms with E-state index < -0.39 is 11.9 Å². The highest BCUT2D eigenvalue weighted by Crippen LogP contribution is 2.32. The lowest BCUT2D eigenvalue weighted by Gasteiger charge is -2.32. The first kappa shape index (κ1) is 15.9. The standard InChI is InChI=1S/C14H21F3N4/c1-3-10-5-7-21(8-6-10)12-9-11(14(15,16)17)19-13(20-12)18-4-2/h9-10H,3-8H2,1-2H3,(H,18,19,20). The van der Waals surface area contributed by atoms with Crippen molar-refractivity contribution in [2.45, 2.75) is 39.3 Å². The zero-order chi connectivity index (χ0) is 15.5. The number of nitrogens with one attached hydrogen (secondary N) is 1. The molecule has 0 aromatic carbocycles. The van der Waals surface area contributed by atoms with Crippen LogP contribution >= 0.6 is 0 Å². The van der Waals surface area contributed by atoms with E-state index in [2.05, 4.69) is 22.2 Å². The van der Waals surface area contributed by atoms with Crippen LogP contribution in [0.25, 0.3) is 0 Å². The number of aromatic nitrogens is 2. The number of halogens is 3. The molecule has 0 saturated carbocycles. The first-order chi connectivity index (χ1) is 9.94. The lowest BCUT2D eigenvalue weighted by molar-refractivity contribution is -0.141. The van der Waals surface area contributed by atoms with E-state index in [4.69, 9.17) is 0 Å². The minimum Gasteiger partial charge on any atom is -0.356 e. The number of alkyl halides is 3. The summed E-state index contributed by atoms with van der Waals surface area (Å²) in [5.41, 5.74) is -0.888. The van der Waals surface area contributed by atoms with Crippen molar-refractivity contribution in [1.82, 2.24) is 9.97 Å². The second-order valence-electron chi connectivity index (χ2n) is 5.30. The van der Waals surface area contributed by atoms with E-state index in [9.17, 15) is 13.2 Å². The molecule has 4 nitrogen and oxygen atoms in total. The van der Waals surface area contributed by atoms with Gasteiger partial charge in [-0.1, -0.05) is 13.3 Å². The molecule has 0 bridgehead atoms. The molecule has 1 N–H and O–H groups in total. The fourth-order valence-electron chi connectivity index (χ4n) is 2.55. The SMILES string of the molecule is CCNc1nc(N2CCC(CC)CC2)cc(C(F)(F)F)n1. The third-order valence-electron chi connectivity index (χ3n) is 3.85. The van der Waals surface area contributed by atoms with E-state index in [1.807, 2.05) is 4.90 Å². The summed E-state index contributed by atoms with van der Waals surface area (Å²) in [6.45, 7) is 5.93. The zero-order valence-corrected chi connectivity index (χ0v) is 12.4. The molecule has 1 saturated heterocycles. The largest absolute Gasteiger partial charge is 0.433 e. The molecule has 0 radical (unpaired) electrons. The molecule has 0 unspecified atom stereocenters. The van der Waals surface area contributed by atoms with Gasteiger partial charge in [-0.25, -0.2) is 4.98 Å². The number of anilines is 2. The summed E-state index contributed by atoms with van der Waals surface area (Å²) < 4.78 is 38.8. The maximum Gasteiger partial charge on any atom is 0.433 e. The normalized spacial score (nSPS) is 17.1. The number of hydrogen-bond acceptors (Lipinski definition) is 4. The highest BCUT2D eigenvalue weighted by atomic mass is 19.4. The molecule has 2 heterocycles. The molecule has 7 heteroatoms. The van der Waals surface area contributed by atoms with E-state index in [0.717, 1.165) is 38.4 Å². The van der Waals surface area contributed by atoms with Crippen LogP contribution in [-0.4, -0.2) is 29.6 Å². The van der Waals surface area contributed by atoms with Crippen LogP contribution in [0.3, 0.4) is 0 Å². The van der Waals surface area contributed by atoms with Crippen LogP contribution in [0, 0.1) is 5.92 Å². The van der Waals surface area contributed by atoms with Crippen LogP contribution in [0.15, 0.2) is 6.07 Å². The summed E-state index contributed by atoms with van der Waals surface area (Å²) in [4.78, 5) is 9.68. The first-order valence-corrected chi connectivity index (χ1v) is 7.39. The van der Waals surface area contributed by atoms with Gasteiger partial charge in [-0.2, -0.15) is 18.2 Å². The molecule has 0 amide bonds. The van der Waals surface area contributed by atoms with Gasteiger partial charge < -0.3 is 10.2 Å². The Morgan fingerprint density at radius 1 is 1.24 bits per heavy atom. The van der Waals surface area contributed by atoms with Crippen LogP contribution in [0.5, 0.6) is 0 Å². The van der Waals surface area contributed by atoms with E-state index >= 15 is 0 Å². The van der Waals surface area contributed by atoms with Crippen LogP contribution in [-0.2, 0) is 6.18 Å². The topological polar surface area (TPSA) is 41.1 Å². The van der Waals surface area contributed by atoms with E-state index in [1.54, 1.807) is 6.92 Å². The molecule has 21 heavy (non-hydrogen) atoms. The Balaban J connectivity index is 2.24. The average molecular weight is 302 g/mol. The number of rotatable bonds is 4. The number of nitrogens with zero attached hydrogens (tertiary/aromatic N) is 3. The van der Waals surface area contributed by atoms with E-state index in [0.29, 0.717) is 18.3 Å².